The minimum absolute atomic E-state index is 0.0280. The Hall–Kier alpha value is -2.17. The summed E-state index contributed by atoms with van der Waals surface area (Å²) >= 11 is 0. The van der Waals surface area contributed by atoms with Crippen molar-refractivity contribution in [3.8, 4) is 0 Å². The molecule has 1 aromatic rings. The van der Waals surface area contributed by atoms with Crippen LogP contribution in [0.25, 0.3) is 0 Å². The molecule has 0 spiro atoms. The Morgan fingerprint density at radius 3 is 2.44 bits per heavy atom. The summed E-state index contributed by atoms with van der Waals surface area (Å²) in [7, 11) is 0. The number of benzene rings is 1. The number of ketones is 1. The summed E-state index contributed by atoms with van der Waals surface area (Å²) in [6.45, 7) is 3.51. The summed E-state index contributed by atoms with van der Waals surface area (Å²) in [4.78, 5) is 21.9. The highest BCUT2D eigenvalue weighted by atomic mass is 16.6. The third-order valence-electron chi connectivity index (χ3n) is 3.08. The standard InChI is InChI=1S/C13H13NO4/c1-8-7-18-13(9(2)12(8)15)10-3-5-11(6-4-10)14(16)17/h3-7,9,13H,1-2H3/t9-,13+/m1/s1. The summed E-state index contributed by atoms with van der Waals surface area (Å²) in [5.74, 6) is -0.235. The van der Waals surface area contributed by atoms with Gasteiger partial charge in [-0.3, -0.25) is 14.9 Å². The number of nitro groups is 1. The predicted octanol–water partition coefficient (Wildman–Crippen LogP) is 2.78. The van der Waals surface area contributed by atoms with Crippen molar-refractivity contribution in [3.63, 3.8) is 0 Å². The molecule has 18 heavy (non-hydrogen) atoms. The smallest absolute Gasteiger partial charge is 0.269 e. The topological polar surface area (TPSA) is 69.4 Å². The third-order valence-corrected chi connectivity index (χ3v) is 3.08. The van der Waals surface area contributed by atoms with Gasteiger partial charge in [0.05, 0.1) is 17.1 Å². The zero-order valence-electron chi connectivity index (χ0n) is 10.1. The lowest BCUT2D eigenvalue weighted by molar-refractivity contribution is -0.384. The van der Waals surface area contributed by atoms with Crippen molar-refractivity contribution in [2.45, 2.75) is 20.0 Å². The largest absolute Gasteiger partial charge is 0.492 e. The molecule has 2 atom stereocenters. The quantitative estimate of drug-likeness (QED) is 0.595. The van der Waals surface area contributed by atoms with Gasteiger partial charge in [0.25, 0.3) is 5.69 Å². The number of nitrogens with zero attached hydrogens (tertiary/aromatic N) is 1. The van der Waals surface area contributed by atoms with Crippen molar-refractivity contribution < 1.29 is 14.5 Å². The highest BCUT2D eigenvalue weighted by molar-refractivity contribution is 5.97. The predicted molar refractivity (Wildman–Crippen MR) is 64.9 cm³/mol. The molecule has 0 fully saturated rings. The Morgan fingerprint density at radius 2 is 1.89 bits per heavy atom. The fourth-order valence-electron chi connectivity index (χ4n) is 2.00. The van der Waals surface area contributed by atoms with E-state index >= 15 is 0 Å². The van der Waals surface area contributed by atoms with Gasteiger partial charge in [0.2, 0.25) is 0 Å². The van der Waals surface area contributed by atoms with Gasteiger partial charge in [0.15, 0.2) is 5.78 Å². The van der Waals surface area contributed by atoms with Gasteiger partial charge in [-0.25, -0.2) is 0 Å². The van der Waals surface area contributed by atoms with Crippen LogP contribution in [0, 0.1) is 16.0 Å². The van der Waals surface area contributed by atoms with E-state index < -0.39 is 4.92 Å². The zero-order valence-corrected chi connectivity index (χ0v) is 10.1. The van der Waals surface area contributed by atoms with Gasteiger partial charge in [-0.1, -0.05) is 6.92 Å². The summed E-state index contributed by atoms with van der Waals surface area (Å²) in [6.07, 6.45) is 1.08. The Labute approximate surface area is 104 Å². The second kappa shape index (κ2) is 4.60. The minimum atomic E-state index is -0.454. The number of hydrogen-bond donors (Lipinski definition) is 0. The van der Waals surface area contributed by atoms with E-state index in [9.17, 15) is 14.9 Å². The van der Waals surface area contributed by atoms with E-state index in [1.807, 2.05) is 0 Å². The van der Waals surface area contributed by atoms with E-state index in [1.54, 1.807) is 26.0 Å². The second-order valence-electron chi connectivity index (χ2n) is 4.36. The average molecular weight is 247 g/mol. The van der Waals surface area contributed by atoms with Crippen molar-refractivity contribution in [1.82, 2.24) is 0 Å². The SMILES string of the molecule is CC1=CO[C@H](c2ccc([N+](=O)[O-])cc2)[C@H](C)C1=O. The number of carbonyl (C=O) groups is 1. The maximum absolute atomic E-state index is 11.8. The number of carbonyl (C=O) groups excluding carboxylic acids is 1. The lowest BCUT2D eigenvalue weighted by Gasteiger charge is -2.27. The van der Waals surface area contributed by atoms with Crippen LogP contribution in [0.2, 0.25) is 0 Å². The van der Waals surface area contributed by atoms with Gasteiger partial charge >= 0.3 is 0 Å². The van der Waals surface area contributed by atoms with E-state index in [0.717, 1.165) is 5.56 Å². The summed E-state index contributed by atoms with van der Waals surface area (Å²) in [5, 5.41) is 10.6. The van der Waals surface area contributed by atoms with Gasteiger partial charge in [0, 0.05) is 17.7 Å². The van der Waals surface area contributed by atoms with E-state index in [1.165, 1.54) is 18.4 Å². The molecule has 1 aliphatic rings. The van der Waals surface area contributed by atoms with E-state index in [0.29, 0.717) is 5.57 Å². The maximum Gasteiger partial charge on any atom is 0.269 e. The Balaban J connectivity index is 2.27. The normalized spacial score (nSPS) is 23.2. The first-order chi connectivity index (χ1) is 8.50. The summed E-state index contributed by atoms with van der Waals surface area (Å²) in [5.41, 5.74) is 1.39. The van der Waals surface area contributed by atoms with Gasteiger partial charge in [-0.2, -0.15) is 0 Å². The van der Waals surface area contributed by atoms with Crippen molar-refractivity contribution in [2.75, 3.05) is 0 Å². The summed E-state index contributed by atoms with van der Waals surface area (Å²) in [6, 6.07) is 6.09. The number of Topliss-reactive ketones (excluding diaryl/α,β-unsaturated/α-hetero) is 1. The first-order valence-electron chi connectivity index (χ1n) is 5.61. The first kappa shape index (κ1) is 12.3. The molecule has 5 heteroatoms. The molecule has 5 nitrogen and oxygen atoms in total. The molecular weight excluding hydrogens is 234 g/mol. The molecule has 0 bridgehead atoms. The molecule has 0 N–H and O–H groups in total. The Bertz CT molecular complexity index is 518. The minimum Gasteiger partial charge on any atom is -0.492 e. The van der Waals surface area contributed by atoms with Crippen LogP contribution >= 0.6 is 0 Å². The Kier molecular flexibility index (Phi) is 3.14. The van der Waals surface area contributed by atoms with Crippen molar-refractivity contribution in [1.29, 1.82) is 0 Å². The lowest BCUT2D eigenvalue weighted by Crippen LogP contribution is -2.25. The maximum atomic E-state index is 11.8. The molecule has 0 unspecified atom stereocenters. The van der Waals surface area contributed by atoms with Crippen molar-refractivity contribution >= 4 is 11.5 Å². The zero-order chi connectivity index (χ0) is 13.3. The van der Waals surface area contributed by atoms with Crippen LogP contribution in [0.4, 0.5) is 5.69 Å². The second-order valence-corrected chi connectivity index (χ2v) is 4.36. The molecule has 0 saturated heterocycles. The van der Waals surface area contributed by atoms with Crippen LogP contribution in [-0.4, -0.2) is 10.7 Å². The number of non-ortho nitro benzene ring substituents is 1. The molecule has 0 amide bonds. The number of ether oxygens (including phenoxy) is 1. The number of allylic oxidation sites excluding steroid dienone is 1. The molecule has 0 radical (unpaired) electrons. The highest BCUT2D eigenvalue weighted by Gasteiger charge is 2.31. The lowest BCUT2D eigenvalue weighted by atomic mass is 9.89. The van der Waals surface area contributed by atoms with Crippen LogP contribution in [0.5, 0.6) is 0 Å². The van der Waals surface area contributed by atoms with Crippen molar-refractivity contribution in [2.24, 2.45) is 5.92 Å². The fourth-order valence-corrected chi connectivity index (χ4v) is 2.00. The van der Waals surface area contributed by atoms with Gasteiger partial charge in [-0.05, 0) is 24.6 Å². The average Bonchev–Trinajstić information content (AvgIpc) is 2.36. The van der Waals surface area contributed by atoms with E-state index in [4.69, 9.17) is 4.74 Å². The highest BCUT2D eigenvalue weighted by Crippen LogP contribution is 2.33. The van der Waals surface area contributed by atoms with Crippen LogP contribution in [0.1, 0.15) is 25.5 Å². The number of hydrogen-bond acceptors (Lipinski definition) is 4. The van der Waals surface area contributed by atoms with E-state index in [-0.39, 0.29) is 23.5 Å². The first-order valence-corrected chi connectivity index (χ1v) is 5.61. The molecule has 1 heterocycles. The Morgan fingerprint density at radius 1 is 1.28 bits per heavy atom. The van der Waals surface area contributed by atoms with Crippen LogP contribution in [0.3, 0.4) is 0 Å². The molecule has 2 rings (SSSR count). The molecule has 1 aromatic carbocycles. The molecule has 0 aromatic heterocycles. The molecule has 1 aliphatic heterocycles. The fraction of sp³-hybridized carbons (Fsp3) is 0.308. The van der Waals surface area contributed by atoms with Gasteiger partial charge < -0.3 is 4.74 Å². The monoisotopic (exact) mass is 247 g/mol. The van der Waals surface area contributed by atoms with Crippen molar-refractivity contribution in [3.05, 3.63) is 51.8 Å². The number of nitro benzene ring substituents is 1. The molecule has 0 saturated carbocycles. The van der Waals surface area contributed by atoms with Gasteiger partial charge in [-0.15, -0.1) is 0 Å². The van der Waals surface area contributed by atoms with E-state index in [2.05, 4.69) is 0 Å². The van der Waals surface area contributed by atoms with Crippen LogP contribution < -0.4 is 0 Å². The van der Waals surface area contributed by atoms with Crippen LogP contribution in [-0.2, 0) is 9.53 Å². The summed E-state index contributed by atoms with van der Waals surface area (Å²) < 4.78 is 5.51. The molecule has 0 aliphatic carbocycles. The number of rotatable bonds is 2. The van der Waals surface area contributed by atoms with Gasteiger partial charge in [0.1, 0.15) is 6.10 Å². The molecular formula is C13H13NO4. The van der Waals surface area contributed by atoms with Crippen LogP contribution in [0.15, 0.2) is 36.1 Å². The third kappa shape index (κ3) is 2.11. The molecule has 94 valence electrons.